The summed E-state index contributed by atoms with van der Waals surface area (Å²) < 4.78 is 0. The monoisotopic (exact) mass is 275 g/mol. The number of carbonyl (C=O) groups is 2. The number of rotatable bonds is 4. The fraction of sp³-hybridized carbons (Fsp3) is 0.500. The van der Waals surface area contributed by atoms with E-state index in [1.807, 2.05) is 25.1 Å². The second kappa shape index (κ2) is 5.65. The topological polar surface area (TPSA) is 57.6 Å². The first-order valence-corrected chi connectivity index (χ1v) is 6.97. The normalized spacial score (nSPS) is 22.0. The molecule has 1 aliphatic heterocycles. The number of aryl methyl sites for hydroxylation is 2. The molecular formula is C16H21NO3. The summed E-state index contributed by atoms with van der Waals surface area (Å²) in [5, 5.41) is 9.17. The smallest absolute Gasteiger partial charge is 0.311 e. The highest BCUT2D eigenvalue weighted by Crippen LogP contribution is 2.30. The van der Waals surface area contributed by atoms with Crippen LogP contribution in [0.4, 0.5) is 0 Å². The highest BCUT2D eigenvalue weighted by Gasteiger charge is 2.41. The Hall–Kier alpha value is -1.84. The van der Waals surface area contributed by atoms with Gasteiger partial charge in [0.25, 0.3) is 0 Å². The Bertz CT molecular complexity index is 526. The van der Waals surface area contributed by atoms with Gasteiger partial charge in [0.05, 0.1) is 5.41 Å². The van der Waals surface area contributed by atoms with Gasteiger partial charge in [-0.3, -0.25) is 9.59 Å². The lowest BCUT2D eigenvalue weighted by Crippen LogP contribution is -2.34. The van der Waals surface area contributed by atoms with E-state index < -0.39 is 11.4 Å². The Morgan fingerprint density at radius 3 is 2.75 bits per heavy atom. The average Bonchev–Trinajstić information content (AvgIpc) is 2.80. The Balaban J connectivity index is 1.89. The van der Waals surface area contributed by atoms with Crippen molar-refractivity contribution in [3.8, 4) is 0 Å². The summed E-state index contributed by atoms with van der Waals surface area (Å²) in [6.07, 6.45) is 1.69. The third kappa shape index (κ3) is 3.18. The lowest BCUT2D eigenvalue weighted by atomic mass is 9.90. The molecule has 0 spiro atoms. The maximum Gasteiger partial charge on any atom is 0.311 e. The van der Waals surface area contributed by atoms with Crippen molar-refractivity contribution in [3.63, 3.8) is 0 Å². The zero-order valence-electron chi connectivity index (χ0n) is 12.1. The van der Waals surface area contributed by atoms with Gasteiger partial charge in [-0.25, -0.2) is 0 Å². The van der Waals surface area contributed by atoms with Crippen molar-refractivity contribution in [3.05, 3.63) is 35.4 Å². The molecule has 4 nitrogen and oxygen atoms in total. The number of aliphatic carboxylic acids is 1. The Morgan fingerprint density at radius 1 is 1.40 bits per heavy atom. The summed E-state index contributed by atoms with van der Waals surface area (Å²) in [5.41, 5.74) is 1.56. The van der Waals surface area contributed by atoms with Gasteiger partial charge in [-0.2, -0.15) is 0 Å². The van der Waals surface area contributed by atoms with Crippen LogP contribution in [-0.2, 0) is 16.0 Å². The van der Waals surface area contributed by atoms with Crippen LogP contribution in [-0.4, -0.2) is 35.0 Å². The molecule has 1 unspecified atom stereocenters. The number of hydrogen-bond acceptors (Lipinski definition) is 2. The van der Waals surface area contributed by atoms with Crippen molar-refractivity contribution in [2.24, 2.45) is 5.41 Å². The fourth-order valence-corrected chi connectivity index (χ4v) is 2.63. The lowest BCUT2D eigenvalue weighted by molar-refractivity contribution is -0.147. The molecule has 1 heterocycles. The van der Waals surface area contributed by atoms with Gasteiger partial charge in [-0.15, -0.1) is 0 Å². The number of carbonyl (C=O) groups excluding carboxylic acids is 1. The van der Waals surface area contributed by atoms with Crippen LogP contribution in [0.2, 0.25) is 0 Å². The Labute approximate surface area is 119 Å². The number of carboxylic acid groups (broad SMARTS) is 1. The van der Waals surface area contributed by atoms with Crippen LogP contribution in [0.1, 0.15) is 30.9 Å². The van der Waals surface area contributed by atoms with E-state index in [0.717, 1.165) is 5.56 Å². The van der Waals surface area contributed by atoms with Crippen molar-refractivity contribution in [1.82, 2.24) is 4.90 Å². The molecule has 1 amide bonds. The molecule has 108 valence electrons. The van der Waals surface area contributed by atoms with Gasteiger partial charge in [0, 0.05) is 19.5 Å². The van der Waals surface area contributed by atoms with Crippen molar-refractivity contribution < 1.29 is 14.7 Å². The standard InChI is InChI=1S/C16H21NO3/c1-12-4-3-5-13(10-12)6-7-14(18)17-9-8-16(2,11-17)15(19)20/h3-5,10H,6-9,11H2,1-2H3,(H,19,20). The third-order valence-electron chi connectivity index (χ3n) is 4.05. The predicted octanol–water partition coefficient (Wildman–Crippen LogP) is 2.25. The molecular weight excluding hydrogens is 254 g/mol. The number of carboxylic acids is 1. The molecule has 1 saturated heterocycles. The number of amides is 1. The summed E-state index contributed by atoms with van der Waals surface area (Å²) in [7, 11) is 0. The predicted molar refractivity (Wildman–Crippen MR) is 76.4 cm³/mol. The van der Waals surface area contributed by atoms with Crippen molar-refractivity contribution in [1.29, 1.82) is 0 Å². The first kappa shape index (κ1) is 14.6. The van der Waals surface area contributed by atoms with Gasteiger partial charge in [-0.05, 0) is 32.3 Å². The number of likely N-dealkylation sites (tertiary alicyclic amines) is 1. The van der Waals surface area contributed by atoms with Gasteiger partial charge in [0.15, 0.2) is 0 Å². The number of benzene rings is 1. The molecule has 1 N–H and O–H groups in total. The van der Waals surface area contributed by atoms with Crippen LogP contribution in [0.5, 0.6) is 0 Å². The van der Waals surface area contributed by atoms with Crippen molar-refractivity contribution >= 4 is 11.9 Å². The number of hydrogen-bond donors (Lipinski definition) is 1. The van der Waals surface area contributed by atoms with E-state index >= 15 is 0 Å². The van der Waals surface area contributed by atoms with Crippen LogP contribution in [0.25, 0.3) is 0 Å². The van der Waals surface area contributed by atoms with Crippen LogP contribution in [0, 0.1) is 12.3 Å². The van der Waals surface area contributed by atoms with Crippen LogP contribution < -0.4 is 0 Å². The SMILES string of the molecule is Cc1cccc(CCC(=O)N2CCC(C)(C(=O)O)C2)c1. The Kier molecular flexibility index (Phi) is 4.12. The van der Waals surface area contributed by atoms with Crippen LogP contribution in [0.3, 0.4) is 0 Å². The van der Waals surface area contributed by atoms with Gasteiger partial charge < -0.3 is 10.0 Å². The van der Waals surface area contributed by atoms with E-state index in [2.05, 4.69) is 6.07 Å². The second-order valence-corrected chi connectivity index (χ2v) is 5.92. The zero-order chi connectivity index (χ0) is 14.8. The summed E-state index contributed by atoms with van der Waals surface area (Å²) in [5.74, 6) is -0.761. The molecule has 1 aromatic rings. The second-order valence-electron chi connectivity index (χ2n) is 5.92. The minimum Gasteiger partial charge on any atom is -0.481 e. The summed E-state index contributed by atoms with van der Waals surface area (Å²) in [6.45, 7) is 4.62. The molecule has 0 radical (unpaired) electrons. The zero-order valence-corrected chi connectivity index (χ0v) is 12.1. The largest absolute Gasteiger partial charge is 0.481 e. The average molecular weight is 275 g/mol. The molecule has 1 fully saturated rings. The molecule has 1 aliphatic rings. The maximum atomic E-state index is 12.1. The van der Waals surface area contributed by atoms with E-state index in [4.69, 9.17) is 0 Å². The third-order valence-corrected chi connectivity index (χ3v) is 4.05. The molecule has 0 aliphatic carbocycles. The summed E-state index contributed by atoms with van der Waals surface area (Å²) in [4.78, 5) is 25.0. The minimum absolute atomic E-state index is 0.0523. The van der Waals surface area contributed by atoms with Crippen molar-refractivity contribution in [2.75, 3.05) is 13.1 Å². The fourth-order valence-electron chi connectivity index (χ4n) is 2.63. The quantitative estimate of drug-likeness (QED) is 0.917. The maximum absolute atomic E-state index is 12.1. The van der Waals surface area contributed by atoms with Gasteiger partial charge in [0.2, 0.25) is 5.91 Å². The molecule has 4 heteroatoms. The van der Waals surface area contributed by atoms with E-state index in [1.54, 1.807) is 11.8 Å². The Morgan fingerprint density at radius 2 is 2.15 bits per heavy atom. The molecule has 0 bridgehead atoms. The molecule has 1 atom stereocenters. The molecule has 20 heavy (non-hydrogen) atoms. The minimum atomic E-state index is -0.813. The molecule has 1 aromatic carbocycles. The van der Waals surface area contributed by atoms with Crippen LogP contribution in [0.15, 0.2) is 24.3 Å². The van der Waals surface area contributed by atoms with Gasteiger partial charge in [-0.1, -0.05) is 29.8 Å². The van der Waals surface area contributed by atoms with Gasteiger partial charge in [0.1, 0.15) is 0 Å². The van der Waals surface area contributed by atoms with Crippen LogP contribution >= 0.6 is 0 Å². The van der Waals surface area contributed by atoms with E-state index in [1.165, 1.54) is 5.56 Å². The van der Waals surface area contributed by atoms with E-state index in [9.17, 15) is 14.7 Å². The molecule has 2 rings (SSSR count). The first-order valence-electron chi connectivity index (χ1n) is 6.97. The van der Waals surface area contributed by atoms with E-state index in [-0.39, 0.29) is 5.91 Å². The molecule has 0 saturated carbocycles. The van der Waals surface area contributed by atoms with Crippen molar-refractivity contribution in [2.45, 2.75) is 33.1 Å². The highest BCUT2D eigenvalue weighted by atomic mass is 16.4. The summed E-state index contributed by atoms with van der Waals surface area (Å²) >= 11 is 0. The molecule has 0 aromatic heterocycles. The first-order chi connectivity index (χ1) is 9.40. The summed E-state index contributed by atoms with van der Waals surface area (Å²) in [6, 6.07) is 8.13. The highest BCUT2D eigenvalue weighted by molar-refractivity contribution is 5.80. The lowest BCUT2D eigenvalue weighted by Gasteiger charge is -2.20. The van der Waals surface area contributed by atoms with Gasteiger partial charge >= 0.3 is 5.97 Å². The van der Waals surface area contributed by atoms with E-state index in [0.29, 0.717) is 32.4 Å². The number of nitrogens with zero attached hydrogens (tertiary/aromatic N) is 1.